The standard InChI is InChI=1S/C25H33ClN4O5.C2H6/c1-4-17-9-10-18(14-19(17)26)28-21(32)15-27-25(35)24(16(2)3)29-20(31)8-6-5-7-13-30-22(33)11-12-23(30)34;1-2/h9-12,14,16,24H,4-8,13,15H2,1-3H3,(H,27,35)(H,28,32)(H,29,31);1-2H3. The Morgan fingerprint density at radius 2 is 1.62 bits per heavy atom. The summed E-state index contributed by atoms with van der Waals surface area (Å²) in [6.07, 6.45) is 5.30. The van der Waals surface area contributed by atoms with E-state index in [2.05, 4.69) is 16.0 Å². The molecule has 1 aliphatic heterocycles. The topological polar surface area (TPSA) is 125 Å². The normalized spacial score (nSPS) is 13.2. The van der Waals surface area contributed by atoms with Crippen molar-refractivity contribution in [2.45, 2.75) is 72.8 Å². The molecule has 0 spiro atoms. The molecule has 1 aromatic carbocycles. The summed E-state index contributed by atoms with van der Waals surface area (Å²) in [7, 11) is 0. The van der Waals surface area contributed by atoms with Gasteiger partial charge in [0, 0.05) is 35.8 Å². The number of benzene rings is 1. The van der Waals surface area contributed by atoms with Gasteiger partial charge in [-0.3, -0.25) is 28.9 Å². The van der Waals surface area contributed by atoms with E-state index in [1.54, 1.807) is 26.0 Å². The zero-order chi connectivity index (χ0) is 28.0. The van der Waals surface area contributed by atoms with Crippen LogP contribution in [0.15, 0.2) is 30.4 Å². The Kier molecular flexibility index (Phi) is 14.2. The van der Waals surface area contributed by atoms with E-state index in [9.17, 15) is 24.0 Å². The van der Waals surface area contributed by atoms with Crippen LogP contribution in [-0.2, 0) is 30.4 Å². The molecule has 0 aromatic heterocycles. The number of rotatable bonds is 13. The van der Waals surface area contributed by atoms with E-state index in [-0.39, 0.29) is 36.6 Å². The Labute approximate surface area is 224 Å². The van der Waals surface area contributed by atoms with Gasteiger partial charge >= 0.3 is 0 Å². The van der Waals surface area contributed by atoms with Gasteiger partial charge < -0.3 is 16.0 Å². The van der Waals surface area contributed by atoms with Crippen molar-refractivity contribution in [3.05, 3.63) is 40.9 Å². The van der Waals surface area contributed by atoms with Crippen molar-refractivity contribution in [1.29, 1.82) is 0 Å². The molecule has 0 aliphatic carbocycles. The van der Waals surface area contributed by atoms with Crippen LogP contribution < -0.4 is 16.0 Å². The van der Waals surface area contributed by atoms with E-state index in [1.165, 1.54) is 17.1 Å². The molecule has 0 saturated carbocycles. The fourth-order valence-electron chi connectivity index (χ4n) is 3.56. The molecule has 0 radical (unpaired) electrons. The van der Waals surface area contributed by atoms with Crippen LogP contribution in [0.2, 0.25) is 5.02 Å². The van der Waals surface area contributed by atoms with Gasteiger partial charge in [-0.2, -0.15) is 0 Å². The van der Waals surface area contributed by atoms with Gasteiger partial charge in [-0.1, -0.05) is 58.7 Å². The van der Waals surface area contributed by atoms with Gasteiger partial charge in [-0.15, -0.1) is 0 Å². The maximum atomic E-state index is 12.6. The first-order valence-corrected chi connectivity index (χ1v) is 13.2. The molecule has 0 saturated heterocycles. The van der Waals surface area contributed by atoms with Crippen molar-refractivity contribution < 1.29 is 24.0 Å². The molecular weight excluding hydrogens is 496 g/mol. The lowest BCUT2D eigenvalue weighted by Gasteiger charge is -2.21. The van der Waals surface area contributed by atoms with Crippen LogP contribution in [0.4, 0.5) is 5.69 Å². The number of carbonyl (C=O) groups excluding carboxylic acids is 5. The monoisotopic (exact) mass is 534 g/mol. The van der Waals surface area contributed by atoms with Gasteiger partial charge in [-0.25, -0.2) is 0 Å². The minimum Gasteiger partial charge on any atom is -0.345 e. The Hall–Kier alpha value is -3.20. The van der Waals surface area contributed by atoms with E-state index < -0.39 is 17.9 Å². The van der Waals surface area contributed by atoms with Crippen LogP contribution in [-0.4, -0.2) is 53.6 Å². The zero-order valence-electron chi connectivity index (χ0n) is 22.4. The van der Waals surface area contributed by atoms with Crippen LogP contribution in [0.3, 0.4) is 0 Å². The fraction of sp³-hybridized carbons (Fsp3) is 0.519. The molecule has 1 heterocycles. The van der Waals surface area contributed by atoms with Crippen molar-refractivity contribution in [1.82, 2.24) is 15.5 Å². The van der Waals surface area contributed by atoms with Gasteiger partial charge in [0.1, 0.15) is 6.04 Å². The number of nitrogens with zero attached hydrogens (tertiary/aromatic N) is 1. The lowest BCUT2D eigenvalue weighted by Crippen LogP contribution is -2.51. The van der Waals surface area contributed by atoms with Crippen LogP contribution in [0.25, 0.3) is 0 Å². The molecule has 1 aliphatic rings. The van der Waals surface area contributed by atoms with E-state index in [0.717, 1.165) is 12.0 Å². The molecule has 1 aromatic rings. The second-order valence-electron chi connectivity index (χ2n) is 8.69. The van der Waals surface area contributed by atoms with Crippen molar-refractivity contribution >= 4 is 46.8 Å². The van der Waals surface area contributed by atoms with Gasteiger partial charge in [0.2, 0.25) is 17.7 Å². The van der Waals surface area contributed by atoms with E-state index in [4.69, 9.17) is 11.6 Å². The summed E-state index contributed by atoms with van der Waals surface area (Å²) in [4.78, 5) is 61.4. The highest BCUT2D eigenvalue weighted by Gasteiger charge is 2.25. The average molecular weight is 535 g/mol. The molecule has 2 rings (SSSR count). The summed E-state index contributed by atoms with van der Waals surface area (Å²) in [5, 5.41) is 8.55. The van der Waals surface area contributed by atoms with Crippen molar-refractivity contribution in [3.8, 4) is 0 Å². The minimum atomic E-state index is -0.778. The van der Waals surface area contributed by atoms with Crippen LogP contribution in [0.5, 0.6) is 0 Å². The summed E-state index contributed by atoms with van der Waals surface area (Å²) in [5.74, 6) is -1.93. The molecule has 10 heteroatoms. The van der Waals surface area contributed by atoms with E-state index in [1.807, 2.05) is 26.8 Å². The number of anilines is 1. The number of nitrogens with one attached hydrogen (secondary N) is 3. The SMILES string of the molecule is CC.CCc1ccc(NC(=O)CNC(=O)C(NC(=O)CCCCCN2C(=O)C=CC2=O)C(C)C)cc1Cl. The number of unbranched alkanes of at least 4 members (excludes halogenated alkanes) is 2. The molecular formula is C27H39ClN4O5. The Morgan fingerprint density at radius 3 is 2.19 bits per heavy atom. The summed E-state index contributed by atoms with van der Waals surface area (Å²) in [6.45, 7) is 9.67. The lowest BCUT2D eigenvalue weighted by atomic mass is 10.0. The first-order chi connectivity index (χ1) is 17.6. The van der Waals surface area contributed by atoms with Gasteiger partial charge in [0.05, 0.1) is 6.54 Å². The zero-order valence-corrected chi connectivity index (χ0v) is 23.1. The second-order valence-corrected chi connectivity index (χ2v) is 9.09. The van der Waals surface area contributed by atoms with Gasteiger partial charge in [0.25, 0.3) is 11.8 Å². The largest absolute Gasteiger partial charge is 0.345 e. The quantitative estimate of drug-likeness (QED) is 0.263. The Balaban J connectivity index is 0.00000334. The number of halogens is 1. The minimum absolute atomic E-state index is 0.179. The highest BCUT2D eigenvalue weighted by molar-refractivity contribution is 6.31. The smallest absolute Gasteiger partial charge is 0.253 e. The number of amides is 5. The molecule has 204 valence electrons. The van der Waals surface area contributed by atoms with Crippen LogP contribution >= 0.6 is 11.6 Å². The lowest BCUT2D eigenvalue weighted by molar-refractivity contribution is -0.137. The highest BCUT2D eigenvalue weighted by atomic mass is 35.5. The maximum Gasteiger partial charge on any atom is 0.253 e. The molecule has 1 atom stereocenters. The number of imide groups is 1. The second kappa shape index (κ2) is 16.5. The van der Waals surface area contributed by atoms with Crippen molar-refractivity contribution in [3.63, 3.8) is 0 Å². The maximum absolute atomic E-state index is 12.6. The third-order valence-electron chi connectivity index (χ3n) is 5.59. The van der Waals surface area contributed by atoms with Gasteiger partial charge in [0.15, 0.2) is 0 Å². The van der Waals surface area contributed by atoms with Crippen LogP contribution in [0.1, 0.15) is 65.9 Å². The Bertz CT molecular complexity index is 975. The number of aryl methyl sites for hydroxylation is 1. The summed E-state index contributed by atoms with van der Waals surface area (Å²) < 4.78 is 0. The summed E-state index contributed by atoms with van der Waals surface area (Å²) in [6, 6.07) is 4.47. The summed E-state index contributed by atoms with van der Waals surface area (Å²) in [5.41, 5.74) is 1.51. The highest BCUT2D eigenvalue weighted by Crippen LogP contribution is 2.21. The van der Waals surface area contributed by atoms with E-state index >= 15 is 0 Å². The number of hydrogen-bond donors (Lipinski definition) is 3. The third-order valence-corrected chi connectivity index (χ3v) is 5.94. The van der Waals surface area contributed by atoms with Crippen LogP contribution in [0, 0.1) is 5.92 Å². The molecule has 37 heavy (non-hydrogen) atoms. The Morgan fingerprint density at radius 1 is 0.973 bits per heavy atom. The van der Waals surface area contributed by atoms with Crippen molar-refractivity contribution in [2.24, 2.45) is 5.92 Å². The average Bonchev–Trinajstić information content (AvgIpc) is 3.19. The third kappa shape index (κ3) is 10.8. The molecule has 0 bridgehead atoms. The molecule has 9 nitrogen and oxygen atoms in total. The first kappa shape index (κ1) is 31.8. The molecule has 5 amide bonds. The van der Waals surface area contributed by atoms with E-state index in [0.29, 0.717) is 36.5 Å². The molecule has 3 N–H and O–H groups in total. The van der Waals surface area contributed by atoms with Gasteiger partial charge in [-0.05, 0) is 42.9 Å². The number of hydrogen-bond acceptors (Lipinski definition) is 5. The number of carbonyl (C=O) groups is 5. The molecule has 0 fully saturated rings. The predicted octanol–water partition coefficient (Wildman–Crippen LogP) is 3.61. The summed E-state index contributed by atoms with van der Waals surface area (Å²) >= 11 is 6.17. The predicted molar refractivity (Wildman–Crippen MR) is 145 cm³/mol. The molecule has 1 unspecified atom stereocenters. The van der Waals surface area contributed by atoms with Crippen molar-refractivity contribution in [2.75, 3.05) is 18.4 Å². The first-order valence-electron chi connectivity index (χ1n) is 12.8. The fourth-order valence-corrected chi connectivity index (χ4v) is 3.87.